The van der Waals surface area contributed by atoms with Crippen molar-refractivity contribution in [2.24, 2.45) is 0 Å². The number of ether oxygens (including phenoxy) is 1. The van der Waals surface area contributed by atoms with Crippen LogP contribution in [0.3, 0.4) is 0 Å². The number of aliphatic hydroxyl groups is 1. The van der Waals surface area contributed by atoms with Crippen molar-refractivity contribution < 1.29 is 28.6 Å². The van der Waals surface area contributed by atoms with Crippen LogP contribution >= 0.6 is 7.60 Å². The van der Waals surface area contributed by atoms with Crippen molar-refractivity contribution in [3.05, 3.63) is 12.7 Å². The van der Waals surface area contributed by atoms with Crippen LogP contribution in [0.4, 0.5) is 5.82 Å². The van der Waals surface area contributed by atoms with Crippen LogP contribution in [0, 0.1) is 0 Å². The molecule has 0 aliphatic carbocycles. The molecule has 0 bridgehead atoms. The predicted molar refractivity (Wildman–Crippen MR) is 118 cm³/mol. The van der Waals surface area contributed by atoms with E-state index in [2.05, 4.69) is 48.8 Å². The number of anilines is 1. The van der Waals surface area contributed by atoms with Gasteiger partial charge in [-0.15, -0.1) is 0 Å². The Morgan fingerprint density at radius 1 is 1.32 bits per heavy atom. The van der Waals surface area contributed by atoms with Crippen molar-refractivity contribution >= 4 is 32.9 Å². The first-order valence-electron chi connectivity index (χ1n) is 10.1. The van der Waals surface area contributed by atoms with Crippen LogP contribution in [0.25, 0.3) is 11.2 Å². The van der Waals surface area contributed by atoms with Crippen LogP contribution < -0.4 is 5.73 Å². The summed E-state index contributed by atoms with van der Waals surface area (Å²) in [5.74, 6) is 0.202. The van der Waals surface area contributed by atoms with Crippen LogP contribution in [0.15, 0.2) is 12.7 Å². The minimum absolute atomic E-state index is 0.0277. The summed E-state index contributed by atoms with van der Waals surface area (Å²) in [6.07, 6.45) is -0.0708. The molecule has 0 aromatic carbocycles. The van der Waals surface area contributed by atoms with Crippen LogP contribution in [0.5, 0.6) is 0 Å². The second-order valence-corrected chi connectivity index (χ2v) is 16.3. The Bertz CT molecular complexity index is 1000. The average molecular weight is 474 g/mol. The van der Waals surface area contributed by atoms with E-state index in [0.717, 1.165) is 0 Å². The quantitative estimate of drug-likeness (QED) is 0.360. The summed E-state index contributed by atoms with van der Waals surface area (Å²) in [5.41, 5.74) is 5.12. The number of nitrogens with zero attached hydrogens (tertiary/aromatic N) is 4. The number of hydrogen-bond acceptors (Lipinski definition) is 8. The van der Waals surface area contributed by atoms with E-state index in [1.807, 2.05) is 0 Å². The van der Waals surface area contributed by atoms with Gasteiger partial charge in [0, 0.05) is 0 Å². The van der Waals surface area contributed by atoms with Crippen LogP contribution in [-0.2, 0) is 13.7 Å². The number of hydrogen-bond donors (Lipinski definition) is 4. The summed E-state index contributed by atoms with van der Waals surface area (Å²) in [6, 6.07) is 0. The second-order valence-electron chi connectivity index (χ2n) is 9.81. The van der Waals surface area contributed by atoms with E-state index >= 15 is 0 Å². The van der Waals surface area contributed by atoms with Crippen LogP contribution in [0.1, 0.15) is 40.3 Å². The fourth-order valence-electron chi connectivity index (χ4n) is 3.48. The highest BCUT2D eigenvalue weighted by Gasteiger charge is 2.57. The molecule has 1 fully saturated rings. The summed E-state index contributed by atoms with van der Waals surface area (Å²) in [7, 11) is -6.61. The molecule has 2 aromatic rings. The van der Waals surface area contributed by atoms with Gasteiger partial charge in [0.25, 0.3) is 0 Å². The Morgan fingerprint density at radius 3 is 2.55 bits per heavy atom. The van der Waals surface area contributed by atoms with Crippen molar-refractivity contribution in [2.45, 2.75) is 76.3 Å². The van der Waals surface area contributed by atoms with Gasteiger partial charge < -0.3 is 29.8 Å². The maximum atomic E-state index is 11.6. The highest BCUT2D eigenvalue weighted by Crippen LogP contribution is 2.48. The molecule has 4 atom stereocenters. The molecule has 1 saturated heterocycles. The molecule has 5 N–H and O–H groups in total. The van der Waals surface area contributed by atoms with Gasteiger partial charge in [-0.1, -0.05) is 20.8 Å². The van der Waals surface area contributed by atoms with Gasteiger partial charge in [-0.05, 0) is 31.5 Å². The molecule has 3 heterocycles. The van der Waals surface area contributed by atoms with Crippen molar-refractivity contribution in [3.8, 4) is 0 Å². The minimum Gasteiger partial charge on any atom is -0.408 e. The van der Waals surface area contributed by atoms with Gasteiger partial charge in [-0.25, -0.2) is 15.0 Å². The van der Waals surface area contributed by atoms with Crippen molar-refractivity contribution in [1.82, 2.24) is 19.5 Å². The summed E-state index contributed by atoms with van der Waals surface area (Å²) >= 11 is 0. The van der Waals surface area contributed by atoms with E-state index < -0.39 is 40.0 Å². The molecule has 11 nitrogen and oxygen atoms in total. The van der Waals surface area contributed by atoms with Crippen LogP contribution in [0.2, 0.25) is 18.1 Å². The smallest absolute Gasteiger partial charge is 0.325 e. The Balaban J connectivity index is 2.02. The molecule has 0 saturated carbocycles. The zero-order valence-corrected chi connectivity index (χ0v) is 20.6. The normalized spacial score (nSPS) is 27.8. The Labute approximate surface area is 182 Å². The Kier molecular flexibility index (Phi) is 6.16. The van der Waals surface area contributed by atoms with Gasteiger partial charge in [-0.2, -0.15) is 0 Å². The SMILES string of the molecule is CC(C)(C)[Si](C)(C)O[C@@H]1[C@@H](CCP(=O)(O)O)O[C@@H](n2cnc3c(N)ncnc32)[C@]1(C)O. The molecular formula is C18H32N5O6PSi. The van der Waals surface area contributed by atoms with Crippen molar-refractivity contribution in [2.75, 3.05) is 11.9 Å². The summed E-state index contributed by atoms with van der Waals surface area (Å²) in [4.78, 5) is 31.2. The molecule has 3 rings (SSSR count). The number of nitrogen functional groups attached to an aromatic ring is 1. The lowest BCUT2D eigenvalue weighted by Crippen LogP contribution is -2.53. The average Bonchev–Trinajstić information content (AvgIpc) is 3.12. The van der Waals surface area contributed by atoms with Gasteiger partial charge in [0.05, 0.1) is 18.6 Å². The largest absolute Gasteiger partial charge is 0.408 e. The number of rotatable bonds is 6. The summed E-state index contributed by atoms with van der Waals surface area (Å²) < 4.78 is 25.8. The Hall–Kier alpha value is -1.40. The number of imidazole rings is 1. The third kappa shape index (κ3) is 4.70. The Morgan fingerprint density at radius 2 is 1.97 bits per heavy atom. The van der Waals surface area contributed by atoms with E-state index in [9.17, 15) is 19.5 Å². The minimum atomic E-state index is -4.26. The topological polar surface area (TPSA) is 166 Å². The fourth-order valence-corrected chi connectivity index (χ4v) is 5.45. The second kappa shape index (κ2) is 7.87. The number of nitrogens with two attached hydrogens (primary N) is 1. The highest BCUT2D eigenvalue weighted by molar-refractivity contribution is 7.51. The van der Waals surface area contributed by atoms with Crippen LogP contribution in [-0.4, -0.2) is 66.7 Å². The monoisotopic (exact) mass is 473 g/mol. The molecule has 0 spiro atoms. The van der Waals surface area contributed by atoms with Gasteiger partial charge in [0.2, 0.25) is 0 Å². The third-order valence-corrected chi connectivity index (χ3v) is 11.6. The van der Waals surface area contributed by atoms with Gasteiger partial charge >= 0.3 is 7.60 Å². The maximum Gasteiger partial charge on any atom is 0.325 e. The predicted octanol–water partition coefficient (Wildman–Crippen LogP) is 2.02. The molecule has 2 aromatic heterocycles. The molecule has 0 radical (unpaired) electrons. The molecule has 1 aliphatic heterocycles. The van der Waals surface area contributed by atoms with Gasteiger partial charge in [0.15, 0.2) is 26.0 Å². The number of fused-ring (bicyclic) bond motifs is 1. The fraction of sp³-hybridized carbons (Fsp3) is 0.722. The zero-order chi connectivity index (χ0) is 23.4. The first-order valence-corrected chi connectivity index (χ1v) is 14.8. The van der Waals surface area contributed by atoms with E-state index in [1.165, 1.54) is 12.7 Å². The lowest BCUT2D eigenvalue weighted by atomic mass is 9.95. The molecule has 13 heteroatoms. The molecule has 1 aliphatic rings. The van der Waals surface area contributed by atoms with Crippen molar-refractivity contribution in [3.63, 3.8) is 0 Å². The molecule has 0 amide bonds. The van der Waals surface area contributed by atoms with Gasteiger partial charge in [0.1, 0.15) is 23.5 Å². The standard InChI is InChI=1S/C18H32N5O6PSi/c1-17(2,3)31(5,6)29-13-11(7-8-30(25,26)27)28-16(18(13,4)24)23-10-22-12-14(19)20-9-21-15(12)23/h9-11,13,16,24H,7-8H2,1-6H3,(H2,19,20,21)(H2,25,26,27)/t11-,13-,16-,18-/m1/s1. The summed E-state index contributed by atoms with van der Waals surface area (Å²) in [5, 5.41) is 11.5. The highest BCUT2D eigenvalue weighted by atomic mass is 31.2. The van der Waals surface area contributed by atoms with E-state index in [0.29, 0.717) is 11.2 Å². The van der Waals surface area contributed by atoms with E-state index in [-0.39, 0.29) is 23.4 Å². The van der Waals surface area contributed by atoms with E-state index in [1.54, 1.807) is 11.5 Å². The molecule has 0 unspecified atom stereocenters. The van der Waals surface area contributed by atoms with E-state index in [4.69, 9.17) is 14.9 Å². The maximum absolute atomic E-state index is 11.6. The van der Waals surface area contributed by atoms with Gasteiger partial charge in [-0.3, -0.25) is 9.13 Å². The number of aromatic nitrogens is 4. The molecule has 174 valence electrons. The molecule has 31 heavy (non-hydrogen) atoms. The molecular weight excluding hydrogens is 441 g/mol. The zero-order valence-electron chi connectivity index (χ0n) is 18.7. The first-order chi connectivity index (χ1) is 14.0. The van der Waals surface area contributed by atoms with Crippen molar-refractivity contribution in [1.29, 1.82) is 0 Å². The summed E-state index contributed by atoms with van der Waals surface area (Å²) in [6.45, 7) is 11.9. The lowest BCUT2D eigenvalue weighted by molar-refractivity contribution is -0.0919. The third-order valence-electron chi connectivity index (χ3n) is 6.29. The first kappa shape index (κ1) is 24.2. The lowest BCUT2D eigenvalue weighted by Gasteiger charge is -2.42.